The van der Waals surface area contributed by atoms with Gasteiger partial charge in [-0.1, -0.05) is 26.0 Å². The fourth-order valence-corrected chi connectivity index (χ4v) is 3.46. The maximum atomic E-state index is 12.4. The summed E-state index contributed by atoms with van der Waals surface area (Å²) in [7, 11) is 0. The lowest BCUT2D eigenvalue weighted by Gasteiger charge is -2.22. The molecule has 3 heterocycles. The summed E-state index contributed by atoms with van der Waals surface area (Å²) in [6.07, 6.45) is 3.25. The molecule has 3 aliphatic rings. The van der Waals surface area contributed by atoms with Gasteiger partial charge in [-0.3, -0.25) is 9.59 Å². The van der Waals surface area contributed by atoms with Gasteiger partial charge in [-0.15, -0.1) is 0 Å². The topological polar surface area (TPSA) is 66.8 Å². The number of hydrogen-bond donors (Lipinski definition) is 1. The predicted molar refractivity (Wildman–Crippen MR) is 62.8 cm³/mol. The Morgan fingerprint density at radius 3 is 3.00 bits per heavy atom. The van der Waals surface area contributed by atoms with E-state index in [-0.39, 0.29) is 5.91 Å². The number of fused-ring (bicyclic) bond motifs is 1. The van der Waals surface area contributed by atoms with Crippen molar-refractivity contribution in [1.82, 2.24) is 4.90 Å². The Hall–Kier alpha value is -1.36. The van der Waals surface area contributed by atoms with Crippen molar-refractivity contribution in [3.05, 3.63) is 12.2 Å². The first-order chi connectivity index (χ1) is 8.44. The van der Waals surface area contributed by atoms with E-state index >= 15 is 0 Å². The minimum absolute atomic E-state index is 0.0667. The average molecular weight is 251 g/mol. The predicted octanol–water partition coefficient (Wildman–Crippen LogP) is 0.509. The molecule has 0 aliphatic carbocycles. The lowest BCUT2D eigenvalue weighted by molar-refractivity contribution is -0.148. The summed E-state index contributed by atoms with van der Waals surface area (Å²) in [4.78, 5) is 25.4. The van der Waals surface area contributed by atoms with Gasteiger partial charge in [0.1, 0.15) is 11.5 Å². The molecule has 2 saturated heterocycles. The minimum atomic E-state index is -0.934. The lowest BCUT2D eigenvalue weighted by Crippen LogP contribution is -2.39. The normalized spacial score (nSPS) is 40.9. The van der Waals surface area contributed by atoms with Crippen LogP contribution >= 0.6 is 0 Å². The summed E-state index contributed by atoms with van der Waals surface area (Å²) in [6.45, 7) is 5.24. The van der Waals surface area contributed by atoms with Crippen LogP contribution in [0.2, 0.25) is 0 Å². The molecule has 0 saturated carbocycles. The number of carbonyl (C=O) groups is 2. The Kier molecular flexibility index (Phi) is 2.32. The van der Waals surface area contributed by atoms with Gasteiger partial charge in [-0.25, -0.2) is 0 Å². The summed E-state index contributed by atoms with van der Waals surface area (Å²) in [5, 5.41) is 9.28. The highest BCUT2D eigenvalue weighted by Gasteiger charge is 2.66. The maximum absolute atomic E-state index is 12.4. The van der Waals surface area contributed by atoms with E-state index in [1.807, 2.05) is 19.9 Å². The zero-order chi connectivity index (χ0) is 13.1. The zero-order valence-electron chi connectivity index (χ0n) is 10.5. The molecule has 5 nitrogen and oxygen atoms in total. The van der Waals surface area contributed by atoms with E-state index in [1.165, 1.54) is 0 Å². The van der Waals surface area contributed by atoms with Gasteiger partial charge in [0.05, 0.1) is 18.6 Å². The molecular formula is C13H17NO4. The first-order valence-corrected chi connectivity index (χ1v) is 6.33. The molecule has 1 N–H and O–H groups in total. The van der Waals surface area contributed by atoms with Gasteiger partial charge in [0, 0.05) is 6.54 Å². The molecule has 0 unspecified atom stereocenters. The van der Waals surface area contributed by atoms with Gasteiger partial charge in [0.15, 0.2) is 0 Å². The zero-order valence-corrected chi connectivity index (χ0v) is 10.5. The summed E-state index contributed by atoms with van der Waals surface area (Å²) in [5.41, 5.74) is -0.681. The largest absolute Gasteiger partial charge is 0.481 e. The first kappa shape index (κ1) is 11.7. The van der Waals surface area contributed by atoms with Gasteiger partial charge >= 0.3 is 5.97 Å². The third kappa shape index (κ3) is 1.37. The second-order valence-electron chi connectivity index (χ2n) is 5.85. The van der Waals surface area contributed by atoms with Crippen molar-refractivity contribution >= 4 is 11.9 Å². The second kappa shape index (κ2) is 3.57. The first-order valence-electron chi connectivity index (χ1n) is 6.33. The molecule has 2 bridgehead atoms. The van der Waals surface area contributed by atoms with E-state index in [4.69, 9.17) is 4.74 Å². The number of rotatable bonds is 3. The number of likely N-dealkylation sites (tertiary alicyclic amines) is 1. The van der Waals surface area contributed by atoms with Gasteiger partial charge in [-0.2, -0.15) is 0 Å². The van der Waals surface area contributed by atoms with Crippen LogP contribution in [0.1, 0.15) is 13.8 Å². The van der Waals surface area contributed by atoms with Crippen LogP contribution in [0.4, 0.5) is 0 Å². The molecule has 4 atom stereocenters. The fraction of sp³-hybridized carbons (Fsp3) is 0.692. The summed E-state index contributed by atoms with van der Waals surface area (Å²) in [6, 6.07) is 0. The SMILES string of the molecule is CC(C)CN1C[C@@]23C=C[C@H](O2)[C@H](C(=O)O)[C@H]3C1=O. The van der Waals surface area contributed by atoms with Crippen LogP contribution in [0.5, 0.6) is 0 Å². The highest BCUT2D eigenvalue weighted by Crippen LogP contribution is 2.51. The smallest absolute Gasteiger partial charge is 0.310 e. The molecule has 0 aromatic carbocycles. The maximum Gasteiger partial charge on any atom is 0.310 e. The molecule has 98 valence electrons. The van der Waals surface area contributed by atoms with Crippen LogP contribution in [0.15, 0.2) is 12.2 Å². The lowest BCUT2D eigenvalue weighted by atomic mass is 9.77. The molecular weight excluding hydrogens is 234 g/mol. The Morgan fingerprint density at radius 1 is 1.67 bits per heavy atom. The van der Waals surface area contributed by atoms with Gasteiger partial charge in [-0.05, 0) is 5.92 Å². The minimum Gasteiger partial charge on any atom is -0.481 e. The Labute approximate surface area is 105 Å². The van der Waals surface area contributed by atoms with E-state index in [2.05, 4.69) is 0 Å². The molecule has 0 radical (unpaired) electrons. The van der Waals surface area contributed by atoms with Crippen LogP contribution in [0, 0.1) is 17.8 Å². The monoisotopic (exact) mass is 251 g/mol. The number of ether oxygens (including phenoxy) is 1. The van der Waals surface area contributed by atoms with Crippen molar-refractivity contribution in [3.8, 4) is 0 Å². The van der Waals surface area contributed by atoms with Crippen molar-refractivity contribution in [1.29, 1.82) is 0 Å². The van der Waals surface area contributed by atoms with E-state index < -0.39 is 29.5 Å². The van der Waals surface area contributed by atoms with Crippen LogP contribution in [-0.4, -0.2) is 46.7 Å². The molecule has 1 amide bonds. The number of amides is 1. The van der Waals surface area contributed by atoms with Crippen LogP contribution in [0.25, 0.3) is 0 Å². The Morgan fingerprint density at radius 2 is 2.39 bits per heavy atom. The van der Waals surface area contributed by atoms with E-state index in [9.17, 15) is 14.7 Å². The number of carboxylic acid groups (broad SMARTS) is 1. The molecule has 0 aromatic heterocycles. The molecule has 1 spiro atoms. The highest BCUT2D eigenvalue weighted by atomic mass is 16.5. The number of carbonyl (C=O) groups excluding carboxylic acids is 1. The Balaban J connectivity index is 1.92. The molecule has 18 heavy (non-hydrogen) atoms. The van der Waals surface area contributed by atoms with Crippen LogP contribution in [-0.2, 0) is 14.3 Å². The fourth-order valence-electron chi connectivity index (χ4n) is 3.46. The molecule has 3 aliphatic heterocycles. The number of hydrogen-bond acceptors (Lipinski definition) is 3. The number of aliphatic carboxylic acids is 1. The summed E-state index contributed by atoms with van der Waals surface area (Å²) in [5.74, 6) is -1.89. The third-order valence-corrected chi connectivity index (χ3v) is 4.05. The van der Waals surface area contributed by atoms with Crippen molar-refractivity contribution in [3.63, 3.8) is 0 Å². The van der Waals surface area contributed by atoms with Crippen molar-refractivity contribution in [2.75, 3.05) is 13.1 Å². The molecule has 2 fully saturated rings. The molecule has 0 aromatic rings. The van der Waals surface area contributed by atoms with Crippen molar-refractivity contribution in [2.45, 2.75) is 25.6 Å². The van der Waals surface area contributed by atoms with Crippen molar-refractivity contribution < 1.29 is 19.4 Å². The van der Waals surface area contributed by atoms with Crippen LogP contribution < -0.4 is 0 Å². The summed E-state index contributed by atoms with van der Waals surface area (Å²) >= 11 is 0. The van der Waals surface area contributed by atoms with E-state index in [0.29, 0.717) is 19.0 Å². The molecule has 5 heteroatoms. The van der Waals surface area contributed by atoms with E-state index in [0.717, 1.165) is 0 Å². The average Bonchev–Trinajstić information content (AvgIpc) is 2.87. The van der Waals surface area contributed by atoms with Gasteiger partial charge < -0.3 is 14.7 Å². The number of carboxylic acids is 1. The Bertz CT molecular complexity index is 444. The van der Waals surface area contributed by atoms with Crippen LogP contribution in [0.3, 0.4) is 0 Å². The van der Waals surface area contributed by atoms with Gasteiger partial charge in [0.2, 0.25) is 5.91 Å². The number of nitrogens with zero attached hydrogens (tertiary/aromatic N) is 1. The quantitative estimate of drug-likeness (QED) is 0.742. The highest BCUT2D eigenvalue weighted by molar-refractivity contribution is 5.90. The standard InChI is InChI=1S/C13H17NO4/c1-7(2)5-14-6-13-4-3-8(18-13)9(12(16)17)10(13)11(14)15/h3-4,7-10H,5-6H2,1-2H3,(H,16,17)/t8-,9-,10-,13+/m0/s1. The second-order valence-corrected chi connectivity index (χ2v) is 5.85. The molecule has 3 rings (SSSR count). The van der Waals surface area contributed by atoms with Crippen molar-refractivity contribution in [2.24, 2.45) is 17.8 Å². The van der Waals surface area contributed by atoms with E-state index in [1.54, 1.807) is 11.0 Å². The van der Waals surface area contributed by atoms with Gasteiger partial charge in [0.25, 0.3) is 0 Å². The summed E-state index contributed by atoms with van der Waals surface area (Å²) < 4.78 is 5.79. The third-order valence-electron chi connectivity index (χ3n) is 4.05.